The number of halogens is 1. The summed E-state index contributed by atoms with van der Waals surface area (Å²) in [5.74, 6) is 0. The zero-order valence-corrected chi connectivity index (χ0v) is 11.3. The molecule has 0 aliphatic rings. The molecule has 1 unspecified atom stereocenters. The summed E-state index contributed by atoms with van der Waals surface area (Å²) in [4.78, 5) is 0.660. The van der Waals surface area contributed by atoms with Crippen molar-refractivity contribution >= 4 is 15.9 Å². The molecule has 1 heterocycles. The Balaban J connectivity index is 2.39. The third-order valence-corrected chi connectivity index (χ3v) is 3.47. The second-order valence-corrected chi connectivity index (χ2v) is 5.27. The Morgan fingerprint density at radius 1 is 1.33 bits per heavy atom. The molecule has 0 fully saturated rings. The van der Waals surface area contributed by atoms with Crippen LogP contribution in [-0.2, 0) is 13.0 Å². The van der Waals surface area contributed by atoms with Crippen molar-refractivity contribution in [2.45, 2.75) is 57.3 Å². The minimum atomic E-state index is 0.660. The van der Waals surface area contributed by atoms with Gasteiger partial charge >= 0.3 is 0 Å². The van der Waals surface area contributed by atoms with Gasteiger partial charge in [0, 0.05) is 23.3 Å². The number of aromatic nitrogens is 2. The minimum Gasteiger partial charge on any atom is -0.270 e. The molecule has 0 saturated heterocycles. The molecule has 0 aromatic carbocycles. The smallest absolute Gasteiger partial charge is 0.0492 e. The molecule has 0 radical (unpaired) electrons. The van der Waals surface area contributed by atoms with Gasteiger partial charge in [-0.3, -0.25) is 4.68 Å². The molecule has 1 atom stereocenters. The fourth-order valence-electron chi connectivity index (χ4n) is 1.75. The summed E-state index contributed by atoms with van der Waals surface area (Å²) in [5.41, 5.74) is 1.37. The van der Waals surface area contributed by atoms with Gasteiger partial charge < -0.3 is 0 Å². The lowest BCUT2D eigenvalue weighted by atomic mass is 10.1. The molecule has 1 aromatic heterocycles. The second kappa shape index (κ2) is 7.04. The zero-order valence-electron chi connectivity index (χ0n) is 9.75. The van der Waals surface area contributed by atoms with Gasteiger partial charge in [0.2, 0.25) is 0 Å². The third kappa shape index (κ3) is 4.37. The van der Waals surface area contributed by atoms with Crippen LogP contribution in [0.25, 0.3) is 0 Å². The molecule has 86 valence electrons. The van der Waals surface area contributed by atoms with Crippen molar-refractivity contribution in [3.05, 3.63) is 18.0 Å². The average molecular weight is 273 g/mol. The van der Waals surface area contributed by atoms with E-state index >= 15 is 0 Å². The van der Waals surface area contributed by atoms with E-state index in [-0.39, 0.29) is 0 Å². The molecular formula is C12H21BrN2. The first-order valence-corrected chi connectivity index (χ1v) is 6.84. The van der Waals surface area contributed by atoms with Crippen molar-refractivity contribution in [2.75, 3.05) is 0 Å². The van der Waals surface area contributed by atoms with Crippen LogP contribution in [0.5, 0.6) is 0 Å². The van der Waals surface area contributed by atoms with Gasteiger partial charge in [0.05, 0.1) is 0 Å². The van der Waals surface area contributed by atoms with E-state index in [2.05, 4.69) is 45.6 Å². The highest BCUT2D eigenvalue weighted by Gasteiger charge is 2.06. The molecule has 0 N–H and O–H groups in total. The van der Waals surface area contributed by atoms with Crippen molar-refractivity contribution in [2.24, 2.45) is 0 Å². The number of aryl methyl sites for hydroxylation is 2. The molecular weight excluding hydrogens is 252 g/mol. The van der Waals surface area contributed by atoms with Crippen molar-refractivity contribution in [3.8, 4) is 0 Å². The van der Waals surface area contributed by atoms with E-state index in [0.29, 0.717) is 4.83 Å². The van der Waals surface area contributed by atoms with E-state index in [4.69, 9.17) is 0 Å². The largest absolute Gasteiger partial charge is 0.270 e. The summed E-state index contributed by atoms with van der Waals surface area (Å²) in [6, 6.07) is 2.14. The van der Waals surface area contributed by atoms with Crippen LogP contribution in [0.1, 0.15) is 45.2 Å². The van der Waals surface area contributed by atoms with E-state index in [1.165, 1.54) is 25.0 Å². The predicted molar refractivity (Wildman–Crippen MR) is 68.5 cm³/mol. The molecule has 2 nitrogen and oxygen atoms in total. The zero-order chi connectivity index (χ0) is 11.1. The molecule has 0 spiro atoms. The second-order valence-electron chi connectivity index (χ2n) is 3.97. The van der Waals surface area contributed by atoms with Gasteiger partial charge in [-0.05, 0) is 31.7 Å². The Hall–Kier alpha value is -0.310. The Bertz CT molecular complexity index is 270. The van der Waals surface area contributed by atoms with Gasteiger partial charge in [-0.15, -0.1) is 0 Å². The fourth-order valence-corrected chi connectivity index (χ4v) is 2.43. The topological polar surface area (TPSA) is 17.8 Å². The van der Waals surface area contributed by atoms with Crippen LogP contribution in [0.15, 0.2) is 12.3 Å². The molecule has 15 heavy (non-hydrogen) atoms. The summed E-state index contributed by atoms with van der Waals surface area (Å²) in [6.45, 7) is 5.47. The Kier molecular flexibility index (Phi) is 5.99. The molecule has 3 heteroatoms. The fraction of sp³-hybridized carbons (Fsp3) is 0.750. The average Bonchev–Trinajstić information content (AvgIpc) is 2.64. The van der Waals surface area contributed by atoms with Crippen LogP contribution >= 0.6 is 15.9 Å². The van der Waals surface area contributed by atoms with Crippen LogP contribution in [0.4, 0.5) is 0 Å². The summed E-state index contributed by atoms with van der Waals surface area (Å²) >= 11 is 3.72. The Morgan fingerprint density at radius 3 is 2.80 bits per heavy atom. The van der Waals surface area contributed by atoms with Gasteiger partial charge in [0.25, 0.3) is 0 Å². The number of rotatable bonds is 7. The van der Waals surface area contributed by atoms with Crippen LogP contribution in [-0.4, -0.2) is 14.6 Å². The van der Waals surface area contributed by atoms with Crippen LogP contribution in [0.2, 0.25) is 0 Å². The first-order valence-electron chi connectivity index (χ1n) is 5.92. The number of hydrogen-bond donors (Lipinski definition) is 0. The lowest BCUT2D eigenvalue weighted by molar-refractivity contribution is 0.561. The van der Waals surface area contributed by atoms with Crippen molar-refractivity contribution in [1.29, 1.82) is 0 Å². The molecule has 0 aliphatic heterocycles. The summed E-state index contributed by atoms with van der Waals surface area (Å²) in [7, 11) is 0. The minimum absolute atomic E-state index is 0.660. The van der Waals surface area contributed by atoms with E-state index in [9.17, 15) is 0 Å². The lowest BCUT2D eigenvalue weighted by Crippen LogP contribution is -2.07. The molecule has 0 amide bonds. The van der Waals surface area contributed by atoms with Crippen LogP contribution < -0.4 is 0 Å². The maximum atomic E-state index is 4.33. The first kappa shape index (κ1) is 12.8. The highest BCUT2D eigenvalue weighted by molar-refractivity contribution is 9.09. The van der Waals surface area contributed by atoms with Crippen LogP contribution in [0.3, 0.4) is 0 Å². The molecule has 0 saturated carbocycles. The third-order valence-electron chi connectivity index (χ3n) is 2.56. The van der Waals surface area contributed by atoms with Crippen LogP contribution in [0, 0.1) is 0 Å². The van der Waals surface area contributed by atoms with Crippen molar-refractivity contribution < 1.29 is 0 Å². The first-order chi connectivity index (χ1) is 7.27. The highest BCUT2D eigenvalue weighted by atomic mass is 79.9. The Morgan fingerprint density at radius 2 is 2.13 bits per heavy atom. The SMILES string of the molecule is CCCC(Br)CCc1ccnn1CCC. The normalized spacial score (nSPS) is 13.0. The van der Waals surface area contributed by atoms with Gasteiger partial charge in [-0.2, -0.15) is 5.10 Å². The quantitative estimate of drug-likeness (QED) is 0.691. The number of alkyl halides is 1. The monoisotopic (exact) mass is 272 g/mol. The van der Waals surface area contributed by atoms with Gasteiger partial charge in [0.1, 0.15) is 0 Å². The van der Waals surface area contributed by atoms with E-state index in [1.54, 1.807) is 0 Å². The number of nitrogens with zero attached hydrogens (tertiary/aromatic N) is 2. The molecule has 1 rings (SSSR count). The van der Waals surface area contributed by atoms with Gasteiger partial charge in [-0.25, -0.2) is 0 Å². The summed E-state index contributed by atoms with van der Waals surface area (Å²) in [6.07, 6.45) is 7.93. The van der Waals surface area contributed by atoms with Crippen molar-refractivity contribution in [3.63, 3.8) is 0 Å². The van der Waals surface area contributed by atoms with Gasteiger partial charge in [0.15, 0.2) is 0 Å². The number of hydrogen-bond acceptors (Lipinski definition) is 1. The molecule has 0 aliphatic carbocycles. The van der Waals surface area contributed by atoms with E-state index in [0.717, 1.165) is 19.4 Å². The predicted octanol–water partition coefficient (Wildman–Crippen LogP) is 3.79. The highest BCUT2D eigenvalue weighted by Crippen LogP contribution is 2.15. The maximum absolute atomic E-state index is 4.33. The summed E-state index contributed by atoms with van der Waals surface area (Å²) < 4.78 is 2.13. The Labute approximate surface area is 101 Å². The molecule has 0 bridgehead atoms. The van der Waals surface area contributed by atoms with E-state index < -0.39 is 0 Å². The molecule has 1 aromatic rings. The standard InChI is InChI=1S/C12H21BrN2/c1-3-5-11(13)6-7-12-8-9-14-15(12)10-4-2/h8-9,11H,3-7,10H2,1-2H3. The van der Waals surface area contributed by atoms with Gasteiger partial charge in [-0.1, -0.05) is 36.2 Å². The van der Waals surface area contributed by atoms with Crippen molar-refractivity contribution in [1.82, 2.24) is 9.78 Å². The summed E-state index contributed by atoms with van der Waals surface area (Å²) in [5, 5.41) is 4.33. The van der Waals surface area contributed by atoms with E-state index in [1.807, 2.05) is 6.20 Å². The maximum Gasteiger partial charge on any atom is 0.0492 e. The lowest BCUT2D eigenvalue weighted by Gasteiger charge is -2.09.